The summed E-state index contributed by atoms with van der Waals surface area (Å²) >= 11 is 1.38. The number of carbonyl (C=O) groups is 5. The van der Waals surface area contributed by atoms with E-state index in [0.29, 0.717) is 11.4 Å². The van der Waals surface area contributed by atoms with Gasteiger partial charge in [-0.3, -0.25) is 19.2 Å². The summed E-state index contributed by atoms with van der Waals surface area (Å²) in [4.78, 5) is 66.2. The van der Waals surface area contributed by atoms with Crippen molar-refractivity contribution in [3.8, 4) is 0 Å². The highest BCUT2D eigenvalue weighted by atomic mass is 32.2. The molecule has 0 aliphatic heterocycles. The Balaban J connectivity index is 2.72. The van der Waals surface area contributed by atoms with E-state index in [-0.39, 0.29) is 12.8 Å². The second-order valence-electron chi connectivity index (χ2n) is 6.96. The quantitative estimate of drug-likeness (QED) is 0.159. The van der Waals surface area contributed by atoms with Gasteiger partial charge in [0.15, 0.2) is 0 Å². The van der Waals surface area contributed by atoms with Crippen molar-refractivity contribution < 1.29 is 34.2 Å². The number of hydrogen-bond donors (Lipinski definition) is 7. The monoisotopic (exact) mass is 472 g/mol. The fourth-order valence-corrected chi connectivity index (χ4v) is 3.03. The van der Waals surface area contributed by atoms with Crippen LogP contribution in [0, 0.1) is 0 Å². The van der Waals surface area contributed by atoms with Crippen LogP contribution in [-0.4, -0.2) is 86.0 Å². The van der Waals surface area contributed by atoms with E-state index < -0.39 is 60.2 Å². The highest BCUT2D eigenvalue weighted by Crippen LogP contribution is 2.03. The van der Waals surface area contributed by atoms with Crippen LogP contribution in [0.1, 0.15) is 25.5 Å². The zero-order chi connectivity index (χ0) is 24.3. The summed E-state index contributed by atoms with van der Waals surface area (Å²) in [6, 6.07) is -4.88. The largest absolute Gasteiger partial charge is 0.481 e. The second-order valence-corrected chi connectivity index (χ2v) is 7.94. The molecule has 8 N–H and O–H groups in total. The number of nitrogens with two attached hydrogens (primary N) is 1. The van der Waals surface area contributed by atoms with Gasteiger partial charge < -0.3 is 36.9 Å². The van der Waals surface area contributed by atoms with Crippen LogP contribution in [0.15, 0.2) is 12.5 Å². The normalized spacial score (nSPS) is 14.5. The molecule has 0 saturated heterocycles. The predicted octanol–water partition coefficient (Wildman–Crippen LogP) is -1.93. The molecular weight excluding hydrogens is 444 g/mol. The van der Waals surface area contributed by atoms with Crippen molar-refractivity contribution in [2.24, 2.45) is 5.73 Å². The third-order valence-corrected chi connectivity index (χ3v) is 4.96. The number of rotatable bonds is 14. The molecule has 4 atom stereocenters. The van der Waals surface area contributed by atoms with Gasteiger partial charge in [0.05, 0.1) is 18.8 Å². The molecule has 32 heavy (non-hydrogen) atoms. The molecule has 0 aliphatic rings. The fraction of sp³-hybridized carbons (Fsp3) is 0.556. The maximum Gasteiger partial charge on any atom is 0.326 e. The number of hydrogen-bond acceptors (Lipinski definition) is 8. The van der Waals surface area contributed by atoms with Crippen molar-refractivity contribution in [3.63, 3.8) is 0 Å². The third-order valence-electron chi connectivity index (χ3n) is 4.32. The molecule has 0 radical (unpaired) electrons. The van der Waals surface area contributed by atoms with Gasteiger partial charge >= 0.3 is 11.9 Å². The van der Waals surface area contributed by atoms with E-state index in [1.54, 1.807) is 6.26 Å². The molecule has 1 aromatic rings. The lowest BCUT2D eigenvalue weighted by molar-refractivity contribution is -0.143. The Morgan fingerprint density at radius 2 is 1.75 bits per heavy atom. The van der Waals surface area contributed by atoms with E-state index in [2.05, 4.69) is 25.9 Å². The van der Waals surface area contributed by atoms with E-state index in [1.807, 2.05) is 0 Å². The summed E-state index contributed by atoms with van der Waals surface area (Å²) < 4.78 is 0. The van der Waals surface area contributed by atoms with Crippen LogP contribution >= 0.6 is 11.8 Å². The lowest BCUT2D eigenvalue weighted by atomic mass is 10.1. The Kier molecular flexibility index (Phi) is 11.2. The molecule has 0 aliphatic carbocycles. The Morgan fingerprint density at radius 3 is 2.28 bits per heavy atom. The Hall–Kier alpha value is -3.13. The van der Waals surface area contributed by atoms with Crippen LogP contribution in [0.5, 0.6) is 0 Å². The lowest BCUT2D eigenvalue weighted by Crippen LogP contribution is -2.57. The van der Waals surface area contributed by atoms with Crippen molar-refractivity contribution in [1.29, 1.82) is 0 Å². The van der Waals surface area contributed by atoms with E-state index in [0.717, 1.165) is 0 Å². The molecule has 3 amide bonds. The number of thioether (sulfide) groups is 1. The summed E-state index contributed by atoms with van der Waals surface area (Å²) in [6.07, 6.45) is 4.20. The Bertz CT molecular complexity index is 804. The summed E-state index contributed by atoms with van der Waals surface area (Å²) in [5.41, 5.74) is 6.43. The van der Waals surface area contributed by atoms with Gasteiger partial charge in [0, 0.05) is 18.3 Å². The van der Waals surface area contributed by atoms with Crippen molar-refractivity contribution in [1.82, 2.24) is 25.9 Å². The summed E-state index contributed by atoms with van der Waals surface area (Å²) in [7, 11) is 0. The topological polar surface area (TPSA) is 217 Å². The first-order chi connectivity index (χ1) is 15.0. The first-order valence-corrected chi connectivity index (χ1v) is 11.0. The first kappa shape index (κ1) is 26.9. The molecule has 0 aromatic carbocycles. The molecule has 4 unspecified atom stereocenters. The molecular formula is C18H28N6O7S. The van der Waals surface area contributed by atoms with Gasteiger partial charge in [-0.1, -0.05) is 0 Å². The van der Waals surface area contributed by atoms with E-state index in [1.165, 1.54) is 31.2 Å². The molecule has 0 spiro atoms. The van der Waals surface area contributed by atoms with Crippen molar-refractivity contribution >= 4 is 41.4 Å². The van der Waals surface area contributed by atoms with Crippen LogP contribution in [0.4, 0.5) is 0 Å². The number of nitrogens with one attached hydrogen (secondary N) is 4. The Labute approximate surface area is 188 Å². The summed E-state index contributed by atoms with van der Waals surface area (Å²) in [5, 5.41) is 25.2. The first-order valence-electron chi connectivity index (χ1n) is 9.62. The van der Waals surface area contributed by atoms with Crippen LogP contribution < -0.4 is 21.7 Å². The summed E-state index contributed by atoms with van der Waals surface area (Å²) in [5.74, 6) is -4.62. The third kappa shape index (κ3) is 9.34. The molecule has 0 bridgehead atoms. The number of carbonyl (C=O) groups excluding carboxylic acids is 3. The zero-order valence-electron chi connectivity index (χ0n) is 17.7. The predicted molar refractivity (Wildman–Crippen MR) is 115 cm³/mol. The maximum atomic E-state index is 12.4. The average Bonchev–Trinajstić information content (AvgIpc) is 3.22. The minimum atomic E-state index is -1.53. The number of nitrogens with zero attached hydrogens (tertiary/aromatic N) is 1. The number of aliphatic carboxylic acids is 2. The molecule has 1 heterocycles. The van der Waals surface area contributed by atoms with Crippen molar-refractivity contribution in [3.05, 3.63) is 18.2 Å². The van der Waals surface area contributed by atoms with Crippen LogP contribution in [0.3, 0.4) is 0 Å². The van der Waals surface area contributed by atoms with Gasteiger partial charge in [0.1, 0.15) is 18.1 Å². The average molecular weight is 473 g/mol. The Morgan fingerprint density at radius 1 is 1.09 bits per heavy atom. The minimum absolute atomic E-state index is 0.122. The molecule has 1 aromatic heterocycles. The maximum absolute atomic E-state index is 12.4. The van der Waals surface area contributed by atoms with Gasteiger partial charge in [-0.05, 0) is 25.4 Å². The van der Waals surface area contributed by atoms with Crippen LogP contribution in [0.2, 0.25) is 0 Å². The van der Waals surface area contributed by atoms with E-state index in [9.17, 15) is 29.1 Å². The second kappa shape index (κ2) is 13.3. The van der Waals surface area contributed by atoms with Gasteiger partial charge in [-0.2, -0.15) is 11.8 Å². The highest BCUT2D eigenvalue weighted by molar-refractivity contribution is 7.98. The molecule has 13 nitrogen and oxygen atoms in total. The number of carboxylic acids is 2. The number of amides is 3. The highest BCUT2D eigenvalue weighted by Gasteiger charge is 2.30. The van der Waals surface area contributed by atoms with E-state index >= 15 is 0 Å². The minimum Gasteiger partial charge on any atom is -0.481 e. The molecule has 14 heteroatoms. The zero-order valence-corrected chi connectivity index (χ0v) is 18.5. The number of aromatic nitrogens is 2. The van der Waals surface area contributed by atoms with Gasteiger partial charge in [-0.25, -0.2) is 9.78 Å². The van der Waals surface area contributed by atoms with Crippen LogP contribution in [-0.2, 0) is 30.4 Å². The number of imidazole rings is 1. The van der Waals surface area contributed by atoms with Crippen molar-refractivity contribution in [2.45, 2.75) is 50.4 Å². The van der Waals surface area contributed by atoms with Gasteiger partial charge in [0.25, 0.3) is 0 Å². The molecule has 0 saturated carbocycles. The van der Waals surface area contributed by atoms with Gasteiger partial charge in [-0.15, -0.1) is 0 Å². The molecule has 178 valence electrons. The molecule has 0 fully saturated rings. The lowest BCUT2D eigenvalue weighted by Gasteiger charge is -2.22. The smallest absolute Gasteiger partial charge is 0.326 e. The number of aromatic amines is 1. The number of carboxylic acid groups (broad SMARTS) is 2. The fourth-order valence-electron chi connectivity index (χ4n) is 2.56. The van der Waals surface area contributed by atoms with E-state index in [4.69, 9.17) is 10.8 Å². The van der Waals surface area contributed by atoms with Crippen molar-refractivity contribution in [2.75, 3.05) is 12.0 Å². The molecule has 1 rings (SSSR count). The van der Waals surface area contributed by atoms with Crippen LogP contribution in [0.25, 0.3) is 0 Å². The van der Waals surface area contributed by atoms with Gasteiger partial charge in [0.2, 0.25) is 17.7 Å². The standard InChI is InChI=1S/C18H28N6O7S/c1-9(22-16(28)11(19)5-10-7-20-8-21-10)15(27)24-13(6-14(25)26)17(29)23-12(18(30)31)3-4-32-2/h7-9,11-13H,3-6,19H2,1-2H3,(H,20,21)(H,22,28)(H,23,29)(H,24,27)(H,25,26)(H,30,31). The number of H-pyrrole nitrogens is 1. The SMILES string of the molecule is CSCCC(NC(=O)C(CC(=O)O)NC(=O)C(C)NC(=O)C(N)Cc1cnc[nH]1)C(=O)O. The summed E-state index contributed by atoms with van der Waals surface area (Å²) in [6.45, 7) is 1.34.